The summed E-state index contributed by atoms with van der Waals surface area (Å²) in [6, 6.07) is 5.40. The third-order valence-electron chi connectivity index (χ3n) is 5.93. The van der Waals surface area contributed by atoms with Crippen molar-refractivity contribution in [1.29, 1.82) is 0 Å². The smallest absolute Gasteiger partial charge is 0.243 e. The maximum absolute atomic E-state index is 13.1. The van der Waals surface area contributed by atoms with Gasteiger partial charge in [-0.25, -0.2) is 13.4 Å². The molecule has 2 aliphatic heterocycles. The Morgan fingerprint density at radius 3 is 2.45 bits per heavy atom. The number of sulfonamides is 1. The fourth-order valence-corrected chi connectivity index (χ4v) is 6.20. The van der Waals surface area contributed by atoms with Crippen LogP contribution in [0, 0.1) is 0 Å². The maximum Gasteiger partial charge on any atom is 0.243 e. The van der Waals surface area contributed by atoms with Gasteiger partial charge in [-0.3, -0.25) is 4.90 Å². The van der Waals surface area contributed by atoms with Crippen molar-refractivity contribution >= 4 is 21.1 Å². The van der Waals surface area contributed by atoms with Crippen molar-refractivity contribution in [2.45, 2.75) is 70.2 Å². The van der Waals surface area contributed by atoms with Gasteiger partial charge in [-0.05, 0) is 51.8 Å². The zero-order chi connectivity index (χ0) is 20.6. The summed E-state index contributed by atoms with van der Waals surface area (Å²) in [5.41, 5.74) is 1.75. The zero-order valence-electron chi connectivity index (χ0n) is 17.7. The van der Waals surface area contributed by atoms with Crippen molar-refractivity contribution in [3.05, 3.63) is 24.0 Å². The number of benzene rings is 1. The van der Waals surface area contributed by atoms with Crippen molar-refractivity contribution in [1.82, 2.24) is 18.8 Å². The second kappa shape index (κ2) is 8.34. The predicted molar refractivity (Wildman–Crippen MR) is 113 cm³/mol. The normalized spacial score (nSPS) is 24.9. The van der Waals surface area contributed by atoms with Crippen molar-refractivity contribution < 1.29 is 13.2 Å². The highest BCUT2D eigenvalue weighted by Gasteiger charge is 2.27. The quantitative estimate of drug-likeness (QED) is 0.744. The first kappa shape index (κ1) is 20.8. The molecule has 0 spiro atoms. The van der Waals surface area contributed by atoms with Crippen LogP contribution in [0.25, 0.3) is 11.0 Å². The molecule has 0 amide bonds. The van der Waals surface area contributed by atoms with Crippen LogP contribution in [-0.4, -0.2) is 65.6 Å². The first-order valence-electron chi connectivity index (χ1n) is 10.8. The number of fused-ring (bicyclic) bond motifs is 1. The van der Waals surface area contributed by atoms with E-state index in [1.54, 1.807) is 16.4 Å². The van der Waals surface area contributed by atoms with Crippen LogP contribution < -0.4 is 0 Å². The van der Waals surface area contributed by atoms with Crippen LogP contribution in [0.15, 0.2) is 23.1 Å². The van der Waals surface area contributed by atoms with E-state index >= 15 is 0 Å². The molecule has 0 saturated carbocycles. The molecule has 1 aromatic heterocycles. The van der Waals surface area contributed by atoms with Crippen LogP contribution in [0.3, 0.4) is 0 Å². The molecule has 1 aromatic carbocycles. The van der Waals surface area contributed by atoms with E-state index < -0.39 is 10.0 Å². The lowest BCUT2D eigenvalue weighted by molar-refractivity contribution is -0.0712. The summed E-state index contributed by atoms with van der Waals surface area (Å²) in [6.07, 6.45) is 3.39. The highest BCUT2D eigenvalue weighted by atomic mass is 32.2. The zero-order valence-corrected chi connectivity index (χ0v) is 18.5. The summed E-state index contributed by atoms with van der Waals surface area (Å²) in [5, 5.41) is 0. The Labute approximate surface area is 173 Å². The number of hydrogen-bond acceptors (Lipinski definition) is 5. The topological polar surface area (TPSA) is 67.7 Å². The molecule has 2 saturated heterocycles. The SMILES string of the molecule is CCn1c(CN2C[C@@H](C)O[C@@H](C)C2)nc2cc(S(=O)(=O)N3CCCCC3)ccc21. The molecule has 29 heavy (non-hydrogen) atoms. The Morgan fingerprint density at radius 1 is 1.10 bits per heavy atom. The molecule has 0 radical (unpaired) electrons. The van der Waals surface area contributed by atoms with Crippen LogP contribution in [0.5, 0.6) is 0 Å². The number of nitrogens with zero attached hydrogens (tertiary/aromatic N) is 4. The molecule has 0 unspecified atom stereocenters. The molecule has 0 aliphatic carbocycles. The summed E-state index contributed by atoms with van der Waals surface area (Å²) >= 11 is 0. The minimum Gasteiger partial charge on any atom is -0.373 e. The fraction of sp³-hybridized carbons (Fsp3) is 0.667. The van der Waals surface area contributed by atoms with E-state index in [1.807, 2.05) is 6.07 Å². The Kier molecular flexibility index (Phi) is 5.97. The van der Waals surface area contributed by atoms with E-state index in [0.29, 0.717) is 18.0 Å². The number of aryl methyl sites for hydroxylation is 1. The third kappa shape index (κ3) is 4.21. The van der Waals surface area contributed by atoms with Gasteiger partial charge in [0.1, 0.15) is 5.82 Å². The summed E-state index contributed by atoms with van der Waals surface area (Å²) in [7, 11) is -3.45. The molecule has 2 atom stereocenters. The average molecular weight is 421 g/mol. The molecule has 8 heteroatoms. The van der Waals surface area contributed by atoms with Gasteiger partial charge < -0.3 is 9.30 Å². The number of piperidine rings is 1. The minimum absolute atomic E-state index is 0.208. The summed E-state index contributed by atoms with van der Waals surface area (Å²) in [4.78, 5) is 7.57. The highest BCUT2D eigenvalue weighted by molar-refractivity contribution is 7.89. The van der Waals surface area contributed by atoms with Gasteiger partial charge in [0, 0.05) is 32.7 Å². The second-order valence-corrected chi connectivity index (χ2v) is 10.3. The molecule has 0 bridgehead atoms. The highest BCUT2D eigenvalue weighted by Crippen LogP contribution is 2.26. The average Bonchev–Trinajstić information content (AvgIpc) is 3.03. The van der Waals surface area contributed by atoms with Gasteiger partial charge in [-0.15, -0.1) is 0 Å². The lowest BCUT2D eigenvalue weighted by Crippen LogP contribution is -2.45. The van der Waals surface area contributed by atoms with E-state index in [1.165, 1.54) is 0 Å². The van der Waals surface area contributed by atoms with Crippen molar-refractivity contribution in [3.8, 4) is 0 Å². The number of morpholine rings is 1. The van der Waals surface area contributed by atoms with Gasteiger partial charge >= 0.3 is 0 Å². The fourth-order valence-electron chi connectivity index (χ4n) is 4.66. The molecule has 2 aromatic rings. The lowest BCUT2D eigenvalue weighted by atomic mass is 10.2. The molecule has 2 aliphatic rings. The number of rotatable bonds is 5. The number of imidazole rings is 1. The van der Waals surface area contributed by atoms with Gasteiger partial charge in [0.15, 0.2) is 0 Å². The van der Waals surface area contributed by atoms with Gasteiger partial charge in [-0.2, -0.15) is 4.31 Å². The molecule has 0 N–H and O–H groups in total. The monoisotopic (exact) mass is 420 g/mol. The van der Waals surface area contributed by atoms with Crippen LogP contribution in [-0.2, 0) is 27.8 Å². The number of aromatic nitrogens is 2. The molecular formula is C21H32N4O3S. The van der Waals surface area contributed by atoms with Gasteiger partial charge in [0.05, 0.1) is 34.7 Å². The van der Waals surface area contributed by atoms with Crippen molar-refractivity contribution in [2.24, 2.45) is 0 Å². The standard InChI is InChI=1S/C21H32N4O3S/c1-4-25-20-9-8-18(29(26,27)24-10-6-5-7-11-24)12-19(20)22-21(25)15-23-13-16(2)28-17(3)14-23/h8-9,12,16-17H,4-7,10-11,13-15H2,1-3H3/t16-,17+. The van der Waals surface area contributed by atoms with Gasteiger partial charge in [-0.1, -0.05) is 6.42 Å². The minimum atomic E-state index is -3.45. The predicted octanol–water partition coefficient (Wildman–Crippen LogP) is 2.84. The summed E-state index contributed by atoms with van der Waals surface area (Å²) in [6.45, 7) is 10.8. The maximum atomic E-state index is 13.1. The molecular weight excluding hydrogens is 388 g/mol. The van der Waals surface area contributed by atoms with E-state index in [0.717, 1.165) is 62.3 Å². The van der Waals surface area contributed by atoms with Crippen molar-refractivity contribution in [2.75, 3.05) is 26.2 Å². The molecule has 2 fully saturated rings. The van der Waals surface area contributed by atoms with Gasteiger partial charge in [0.2, 0.25) is 10.0 Å². The third-order valence-corrected chi connectivity index (χ3v) is 7.82. The first-order valence-corrected chi connectivity index (χ1v) is 12.2. The van der Waals surface area contributed by atoms with E-state index in [9.17, 15) is 8.42 Å². The van der Waals surface area contributed by atoms with E-state index in [4.69, 9.17) is 9.72 Å². The first-order chi connectivity index (χ1) is 13.9. The Morgan fingerprint density at radius 2 is 1.79 bits per heavy atom. The Bertz CT molecular complexity index is 956. The summed E-state index contributed by atoms with van der Waals surface area (Å²) < 4.78 is 35.7. The van der Waals surface area contributed by atoms with Crippen LogP contribution in [0.2, 0.25) is 0 Å². The molecule has 3 heterocycles. The van der Waals surface area contributed by atoms with Crippen LogP contribution in [0.1, 0.15) is 45.9 Å². The van der Waals surface area contributed by atoms with Crippen LogP contribution in [0.4, 0.5) is 0 Å². The molecule has 160 valence electrons. The van der Waals surface area contributed by atoms with Crippen molar-refractivity contribution in [3.63, 3.8) is 0 Å². The number of hydrogen-bond donors (Lipinski definition) is 0. The second-order valence-electron chi connectivity index (χ2n) is 8.34. The van der Waals surface area contributed by atoms with E-state index in [2.05, 4.69) is 30.2 Å². The molecule has 4 rings (SSSR count). The van der Waals surface area contributed by atoms with Gasteiger partial charge in [0.25, 0.3) is 0 Å². The largest absolute Gasteiger partial charge is 0.373 e. The van der Waals surface area contributed by atoms with Crippen LogP contribution >= 0.6 is 0 Å². The Hall–Kier alpha value is -1.48. The molecule has 7 nitrogen and oxygen atoms in total. The number of ether oxygens (including phenoxy) is 1. The Balaban J connectivity index is 1.64. The van der Waals surface area contributed by atoms with E-state index in [-0.39, 0.29) is 12.2 Å². The lowest BCUT2D eigenvalue weighted by Gasteiger charge is -2.35. The summed E-state index contributed by atoms with van der Waals surface area (Å²) in [5.74, 6) is 0.983.